The Balaban J connectivity index is 1.47. The predicted molar refractivity (Wildman–Crippen MR) is 324 cm³/mol. The molecule has 80 heavy (non-hydrogen) atoms. The Morgan fingerprint density at radius 3 is 1.18 bits per heavy atom. The SMILES string of the molecule is CCCCC(CC)CN(C(=O)c1ccc(/N=N/c2c(C(C)(C)C)nn(-c3nc(OC)nc(-n4nc(C(C)(C)C)c(/N=N/c5ccc(C(=O)N(CC(CC)CCCC)C(CC)CCCC)cc5)c4N)n3)c2N)cc1)C(CC)CCCC. The largest absolute Gasteiger partial charge is 0.467 e. The number of methoxy groups -OCH3 is 1. The van der Waals surface area contributed by atoms with Gasteiger partial charge in [0.25, 0.3) is 23.7 Å². The van der Waals surface area contributed by atoms with Crippen LogP contribution in [0.1, 0.15) is 232 Å². The van der Waals surface area contributed by atoms with Gasteiger partial charge in [-0.05, 0) is 98.9 Å². The van der Waals surface area contributed by atoms with Gasteiger partial charge in [-0.25, -0.2) is 0 Å². The predicted octanol–water partition coefficient (Wildman–Crippen LogP) is 16.1. The number of carbonyl (C=O) groups excluding carboxylic acids is 2. The Kier molecular flexibility index (Phi) is 24.3. The first-order chi connectivity index (χ1) is 38.2. The van der Waals surface area contributed by atoms with Crippen molar-refractivity contribution in [3.63, 3.8) is 0 Å². The Hall–Kier alpha value is -6.59. The van der Waals surface area contributed by atoms with Gasteiger partial charge in [-0.15, -0.1) is 10.2 Å². The van der Waals surface area contributed by atoms with E-state index < -0.39 is 10.8 Å². The second kappa shape index (κ2) is 30.3. The van der Waals surface area contributed by atoms with Gasteiger partial charge in [0.15, 0.2) is 23.0 Å². The second-order valence-corrected chi connectivity index (χ2v) is 23.6. The molecule has 18 nitrogen and oxygen atoms in total. The molecule has 5 aromatic rings. The van der Waals surface area contributed by atoms with Gasteiger partial charge in [0.2, 0.25) is 0 Å². The summed E-state index contributed by atoms with van der Waals surface area (Å²) in [6.07, 6.45) is 17.0. The van der Waals surface area contributed by atoms with Crippen molar-refractivity contribution in [1.82, 2.24) is 44.3 Å². The molecule has 0 radical (unpaired) electrons. The number of aromatic nitrogens is 7. The van der Waals surface area contributed by atoms with Crippen LogP contribution in [-0.4, -0.2) is 88.4 Å². The van der Waals surface area contributed by atoms with Crippen LogP contribution in [0.3, 0.4) is 0 Å². The quantitative estimate of drug-likeness (QED) is 0.0399. The van der Waals surface area contributed by atoms with E-state index in [-0.39, 0.29) is 53.4 Å². The molecular weight excluding hydrogens is 1000 g/mol. The van der Waals surface area contributed by atoms with Crippen molar-refractivity contribution in [1.29, 1.82) is 0 Å². The number of azo groups is 2. The van der Waals surface area contributed by atoms with Crippen molar-refractivity contribution in [2.24, 2.45) is 32.3 Å². The highest BCUT2D eigenvalue weighted by atomic mass is 16.5. The summed E-state index contributed by atoms with van der Waals surface area (Å²) >= 11 is 0. The van der Waals surface area contributed by atoms with Gasteiger partial charge in [-0.3, -0.25) is 9.59 Å². The summed E-state index contributed by atoms with van der Waals surface area (Å²) in [5.74, 6) is 1.31. The zero-order chi connectivity index (χ0) is 58.7. The summed E-state index contributed by atoms with van der Waals surface area (Å²) in [6.45, 7) is 31.2. The van der Waals surface area contributed by atoms with Crippen LogP contribution in [0.5, 0.6) is 6.01 Å². The Labute approximate surface area is 478 Å². The number of nitrogen functional groups attached to an aromatic ring is 2. The van der Waals surface area contributed by atoms with Crippen molar-refractivity contribution < 1.29 is 14.3 Å². The average molecular weight is 1100 g/mol. The molecule has 4 atom stereocenters. The molecule has 0 fully saturated rings. The third kappa shape index (κ3) is 16.7. The van der Waals surface area contributed by atoms with Crippen molar-refractivity contribution in [3.05, 3.63) is 71.0 Å². The smallest absolute Gasteiger partial charge is 0.322 e. The molecule has 0 spiro atoms. The monoisotopic (exact) mass is 1100 g/mol. The number of hydrogen-bond donors (Lipinski definition) is 2. The molecule has 3 aromatic heterocycles. The van der Waals surface area contributed by atoms with Crippen LogP contribution in [-0.2, 0) is 10.8 Å². The molecule has 3 heterocycles. The summed E-state index contributed by atoms with van der Waals surface area (Å²) in [5.41, 5.74) is 16.8. The molecule has 4 N–H and O–H groups in total. The molecule has 0 saturated heterocycles. The highest BCUT2D eigenvalue weighted by molar-refractivity contribution is 5.95. The van der Waals surface area contributed by atoms with E-state index >= 15 is 0 Å². The van der Waals surface area contributed by atoms with Gasteiger partial charge in [-0.1, -0.05) is 161 Å². The molecule has 0 aliphatic heterocycles. The molecule has 0 bridgehead atoms. The molecular formula is C62H97N15O3. The third-order valence-corrected chi connectivity index (χ3v) is 15.2. The van der Waals surface area contributed by atoms with Crippen LogP contribution in [0, 0.1) is 11.8 Å². The number of rotatable bonds is 31. The molecule has 2 amide bonds. The van der Waals surface area contributed by atoms with Gasteiger partial charge in [0, 0.05) is 47.1 Å². The fourth-order valence-electron chi connectivity index (χ4n) is 10.1. The van der Waals surface area contributed by atoms with Gasteiger partial charge in [0.05, 0.1) is 29.9 Å². The first kappa shape index (κ1) is 64.2. The number of carbonyl (C=O) groups is 2. The van der Waals surface area contributed by atoms with Crippen molar-refractivity contribution in [3.8, 4) is 17.9 Å². The molecule has 0 aliphatic rings. The van der Waals surface area contributed by atoms with Crippen molar-refractivity contribution in [2.45, 2.75) is 223 Å². The number of ether oxygens (including phenoxy) is 1. The number of anilines is 2. The second-order valence-electron chi connectivity index (χ2n) is 23.6. The molecule has 438 valence electrons. The van der Waals surface area contributed by atoms with E-state index in [1.165, 1.54) is 16.5 Å². The number of hydrogen-bond acceptors (Lipinski definition) is 14. The summed E-state index contributed by atoms with van der Waals surface area (Å²) < 4.78 is 8.37. The topological polar surface area (TPSA) is 226 Å². The van der Waals surface area contributed by atoms with E-state index in [0.29, 0.717) is 57.1 Å². The lowest BCUT2D eigenvalue weighted by molar-refractivity contribution is 0.0606. The van der Waals surface area contributed by atoms with E-state index in [0.717, 1.165) is 116 Å². The lowest BCUT2D eigenvalue weighted by Gasteiger charge is -2.34. The van der Waals surface area contributed by atoms with Gasteiger partial charge < -0.3 is 26.0 Å². The first-order valence-electron chi connectivity index (χ1n) is 30.0. The molecule has 4 unspecified atom stereocenters. The van der Waals surface area contributed by atoms with E-state index in [1.54, 1.807) is 0 Å². The Morgan fingerprint density at radius 2 is 0.875 bits per heavy atom. The molecule has 0 saturated carbocycles. The summed E-state index contributed by atoms with van der Waals surface area (Å²) in [7, 11) is 1.45. The lowest BCUT2D eigenvalue weighted by atomic mass is 9.91. The van der Waals surface area contributed by atoms with E-state index in [2.05, 4.69) is 95.6 Å². The number of unbranched alkanes of at least 4 members (excludes halogenated alkanes) is 4. The molecule has 18 heteroatoms. The summed E-state index contributed by atoms with van der Waals surface area (Å²) in [4.78, 5) is 46.8. The van der Waals surface area contributed by atoms with Crippen LogP contribution in [0.4, 0.5) is 34.4 Å². The van der Waals surface area contributed by atoms with Gasteiger partial charge in [0.1, 0.15) is 0 Å². The minimum Gasteiger partial charge on any atom is -0.467 e. The first-order valence-corrected chi connectivity index (χ1v) is 30.0. The molecule has 0 aliphatic carbocycles. The molecule has 5 rings (SSSR count). The minimum atomic E-state index is -0.545. The normalized spacial score (nSPS) is 13.7. The van der Waals surface area contributed by atoms with E-state index in [1.807, 2.05) is 90.1 Å². The third-order valence-electron chi connectivity index (χ3n) is 15.2. The summed E-state index contributed by atoms with van der Waals surface area (Å²) in [6, 6.07) is 14.9. The van der Waals surface area contributed by atoms with Crippen molar-refractivity contribution >= 4 is 46.2 Å². The number of nitrogens with zero attached hydrogens (tertiary/aromatic N) is 13. The fraction of sp³-hybridized carbons (Fsp3) is 0.629. The van der Waals surface area contributed by atoms with E-state index in [9.17, 15) is 9.59 Å². The van der Waals surface area contributed by atoms with Gasteiger partial charge >= 0.3 is 6.01 Å². The maximum atomic E-state index is 14.3. The minimum absolute atomic E-state index is 0.0263. The maximum absolute atomic E-state index is 14.3. The Morgan fingerprint density at radius 1 is 0.525 bits per heavy atom. The van der Waals surface area contributed by atoms with Crippen LogP contribution < -0.4 is 16.2 Å². The lowest BCUT2D eigenvalue weighted by Crippen LogP contribution is -2.43. The maximum Gasteiger partial charge on any atom is 0.322 e. The van der Waals surface area contributed by atoms with Crippen molar-refractivity contribution in [2.75, 3.05) is 31.7 Å². The highest BCUT2D eigenvalue weighted by Gasteiger charge is 2.32. The van der Waals surface area contributed by atoms with Crippen LogP contribution >= 0.6 is 0 Å². The fourth-order valence-corrected chi connectivity index (χ4v) is 10.1. The zero-order valence-corrected chi connectivity index (χ0v) is 51.3. The van der Waals surface area contributed by atoms with Crippen LogP contribution in [0.15, 0.2) is 69.0 Å². The Bertz CT molecular complexity index is 2600. The number of nitrogens with two attached hydrogens (primary N) is 2. The zero-order valence-electron chi connectivity index (χ0n) is 51.3. The standard InChI is InChI=1S/C62H97N15O3/c1-16-24-28-42(20-5)40-74(48(22-7)30-26-18-3)56(78)44-32-36-46(37-33-44)68-70-50-52(61(9,10)11)72-76(54(50)63)58-65-59(67-60(66-58)80-15)77-55(64)51(53(73-77)62(12,13)14)71-69-47-38-34-45(35-39-47)57(79)75(49(23-8)31-27-19-4)41-43(21-6)29-25-17-2/h32-39,42-43,48-49H,16-31,40-41,63-64H2,1-15H3/b70-68+,71-69+. The van der Waals surface area contributed by atoms with Gasteiger partial charge in [-0.2, -0.15) is 44.7 Å². The number of benzene rings is 2. The van der Waals surface area contributed by atoms with E-state index in [4.69, 9.17) is 31.4 Å². The average Bonchev–Trinajstić information content (AvgIpc) is 4.02. The molecule has 2 aromatic carbocycles. The summed E-state index contributed by atoms with van der Waals surface area (Å²) in [5, 5.41) is 28.4. The number of amides is 2. The van der Waals surface area contributed by atoms with Crippen LogP contribution in [0.2, 0.25) is 0 Å². The highest BCUT2D eigenvalue weighted by Crippen LogP contribution is 2.40. The van der Waals surface area contributed by atoms with Crippen LogP contribution in [0.25, 0.3) is 11.9 Å².